The minimum absolute atomic E-state index is 0.138. The highest BCUT2D eigenvalue weighted by Crippen LogP contribution is 2.38. The summed E-state index contributed by atoms with van der Waals surface area (Å²) in [6.07, 6.45) is 4.35. The number of benzene rings is 1. The van der Waals surface area contributed by atoms with Crippen molar-refractivity contribution in [2.75, 3.05) is 41.1 Å². The van der Waals surface area contributed by atoms with Crippen LogP contribution in [0.5, 0.6) is 17.2 Å². The molecule has 1 aromatic carbocycles. The van der Waals surface area contributed by atoms with Crippen molar-refractivity contribution in [2.45, 2.75) is 25.7 Å². The van der Waals surface area contributed by atoms with Gasteiger partial charge in [-0.05, 0) is 43.7 Å². The van der Waals surface area contributed by atoms with Gasteiger partial charge in [-0.25, -0.2) is 0 Å². The number of carbonyl (C=O) groups is 1. The second-order valence-corrected chi connectivity index (χ2v) is 5.87. The number of methoxy groups -OCH3 is 3. The van der Waals surface area contributed by atoms with Gasteiger partial charge >= 0.3 is 0 Å². The highest BCUT2D eigenvalue weighted by atomic mass is 16.5. The van der Waals surface area contributed by atoms with E-state index in [9.17, 15) is 4.79 Å². The predicted molar refractivity (Wildman–Crippen MR) is 91.2 cm³/mol. The first-order chi connectivity index (χ1) is 11.7. The quantitative estimate of drug-likeness (QED) is 0.739. The summed E-state index contributed by atoms with van der Waals surface area (Å²) in [7, 11) is 4.61. The molecule has 1 fully saturated rings. The van der Waals surface area contributed by atoms with Gasteiger partial charge in [0.05, 0.1) is 21.3 Å². The first-order valence-corrected chi connectivity index (χ1v) is 8.35. The fourth-order valence-corrected chi connectivity index (χ4v) is 2.94. The molecule has 1 aromatic rings. The van der Waals surface area contributed by atoms with Crippen LogP contribution in [-0.4, -0.2) is 47.0 Å². The molecule has 0 aromatic heterocycles. The SMILES string of the molecule is COc1cc(C(=O)NCCCC2CCOCC2)cc(OC)c1OC. The molecule has 1 aliphatic rings. The number of hydrogen-bond donors (Lipinski definition) is 1. The molecule has 1 aliphatic heterocycles. The number of nitrogens with one attached hydrogen (secondary N) is 1. The van der Waals surface area contributed by atoms with Crippen LogP contribution in [0, 0.1) is 5.92 Å². The van der Waals surface area contributed by atoms with Crippen LogP contribution in [0.1, 0.15) is 36.0 Å². The number of ether oxygens (including phenoxy) is 4. The Bertz CT molecular complexity index is 515. The van der Waals surface area contributed by atoms with Crippen LogP contribution in [-0.2, 0) is 4.74 Å². The monoisotopic (exact) mass is 337 g/mol. The smallest absolute Gasteiger partial charge is 0.251 e. The molecule has 6 nitrogen and oxygen atoms in total. The van der Waals surface area contributed by atoms with Crippen molar-refractivity contribution in [2.24, 2.45) is 5.92 Å². The lowest BCUT2D eigenvalue weighted by Crippen LogP contribution is -2.25. The Morgan fingerprint density at radius 1 is 1.12 bits per heavy atom. The van der Waals surface area contributed by atoms with Gasteiger partial charge in [-0.1, -0.05) is 0 Å². The maximum atomic E-state index is 12.3. The molecule has 2 rings (SSSR count). The molecule has 0 saturated carbocycles. The highest BCUT2D eigenvalue weighted by Gasteiger charge is 2.17. The van der Waals surface area contributed by atoms with E-state index in [0.29, 0.717) is 29.4 Å². The Morgan fingerprint density at radius 3 is 2.29 bits per heavy atom. The van der Waals surface area contributed by atoms with Crippen LogP contribution < -0.4 is 19.5 Å². The van der Waals surface area contributed by atoms with Gasteiger partial charge < -0.3 is 24.3 Å². The Hall–Kier alpha value is -1.95. The summed E-state index contributed by atoms with van der Waals surface area (Å²) in [4.78, 5) is 12.3. The highest BCUT2D eigenvalue weighted by molar-refractivity contribution is 5.95. The molecule has 1 saturated heterocycles. The molecule has 0 aliphatic carbocycles. The molecule has 1 amide bonds. The summed E-state index contributed by atoms with van der Waals surface area (Å²) in [5.74, 6) is 2.02. The molecule has 0 radical (unpaired) electrons. The van der Waals surface area contributed by atoms with Crippen molar-refractivity contribution in [1.29, 1.82) is 0 Å². The summed E-state index contributed by atoms with van der Waals surface area (Å²) in [6.45, 7) is 2.39. The Balaban J connectivity index is 1.89. The van der Waals surface area contributed by atoms with Gasteiger partial charge in [0.25, 0.3) is 5.91 Å². The molecule has 6 heteroatoms. The van der Waals surface area contributed by atoms with E-state index in [1.807, 2.05) is 0 Å². The number of rotatable bonds is 8. The average Bonchev–Trinajstić information content (AvgIpc) is 2.64. The van der Waals surface area contributed by atoms with Crippen LogP contribution in [0.4, 0.5) is 0 Å². The summed E-state index contributed by atoms with van der Waals surface area (Å²) in [6, 6.07) is 3.32. The molecular weight excluding hydrogens is 310 g/mol. The molecule has 0 spiro atoms. The van der Waals surface area contributed by atoms with Crippen LogP contribution in [0.3, 0.4) is 0 Å². The van der Waals surface area contributed by atoms with E-state index in [0.717, 1.165) is 44.8 Å². The van der Waals surface area contributed by atoms with Crippen LogP contribution in [0.15, 0.2) is 12.1 Å². The van der Waals surface area contributed by atoms with Gasteiger partial charge in [-0.2, -0.15) is 0 Å². The van der Waals surface area contributed by atoms with Crippen LogP contribution >= 0.6 is 0 Å². The lowest BCUT2D eigenvalue weighted by atomic mass is 9.95. The fraction of sp³-hybridized carbons (Fsp3) is 0.611. The van der Waals surface area contributed by atoms with E-state index in [2.05, 4.69) is 5.32 Å². The summed E-state index contributed by atoms with van der Waals surface area (Å²) < 4.78 is 21.2. The Labute approximate surface area is 143 Å². The fourth-order valence-electron chi connectivity index (χ4n) is 2.94. The third-order valence-corrected chi connectivity index (χ3v) is 4.34. The lowest BCUT2D eigenvalue weighted by Gasteiger charge is -2.21. The van der Waals surface area contributed by atoms with E-state index < -0.39 is 0 Å². The second kappa shape index (κ2) is 9.37. The molecule has 1 heterocycles. The van der Waals surface area contributed by atoms with Gasteiger partial charge in [0.15, 0.2) is 11.5 Å². The Kier molecular flexibility index (Phi) is 7.18. The van der Waals surface area contributed by atoms with E-state index >= 15 is 0 Å². The molecule has 134 valence electrons. The number of carbonyl (C=O) groups excluding carboxylic acids is 1. The molecule has 1 N–H and O–H groups in total. The topological polar surface area (TPSA) is 66.0 Å². The number of amides is 1. The van der Waals surface area contributed by atoms with Crippen molar-refractivity contribution in [3.63, 3.8) is 0 Å². The minimum Gasteiger partial charge on any atom is -0.493 e. The molecular formula is C18H27NO5. The van der Waals surface area contributed by atoms with Gasteiger partial charge in [-0.3, -0.25) is 4.79 Å². The van der Waals surface area contributed by atoms with Gasteiger partial charge in [0.1, 0.15) is 0 Å². The van der Waals surface area contributed by atoms with Crippen molar-refractivity contribution in [3.8, 4) is 17.2 Å². The van der Waals surface area contributed by atoms with Crippen molar-refractivity contribution < 1.29 is 23.7 Å². The normalized spacial score (nSPS) is 15.0. The van der Waals surface area contributed by atoms with Crippen LogP contribution in [0.25, 0.3) is 0 Å². The molecule has 0 bridgehead atoms. The molecule has 0 unspecified atom stereocenters. The standard InChI is InChI=1S/C18H27NO5/c1-21-15-11-14(12-16(22-2)17(15)23-3)18(20)19-8-4-5-13-6-9-24-10-7-13/h11-13H,4-10H2,1-3H3,(H,19,20). The zero-order valence-corrected chi connectivity index (χ0v) is 14.7. The average molecular weight is 337 g/mol. The second-order valence-electron chi connectivity index (χ2n) is 5.87. The van der Waals surface area contributed by atoms with Crippen molar-refractivity contribution in [3.05, 3.63) is 17.7 Å². The first kappa shape index (κ1) is 18.4. The summed E-state index contributed by atoms with van der Waals surface area (Å²) >= 11 is 0. The summed E-state index contributed by atoms with van der Waals surface area (Å²) in [5.41, 5.74) is 0.496. The van der Waals surface area contributed by atoms with Gasteiger partial charge in [0, 0.05) is 25.3 Å². The summed E-state index contributed by atoms with van der Waals surface area (Å²) in [5, 5.41) is 2.96. The first-order valence-electron chi connectivity index (χ1n) is 8.35. The molecule has 0 atom stereocenters. The third-order valence-electron chi connectivity index (χ3n) is 4.34. The lowest BCUT2D eigenvalue weighted by molar-refractivity contribution is 0.0631. The molecule has 24 heavy (non-hydrogen) atoms. The zero-order chi connectivity index (χ0) is 17.4. The van der Waals surface area contributed by atoms with E-state index in [1.54, 1.807) is 12.1 Å². The van der Waals surface area contributed by atoms with E-state index in [4.69, 9.17) is 18.9 Å². The van der Waals surface area contributed by atoms with Crippen molar-refractivity contribution in [1.82, 2.24) is 5.32 Å². The predicted octanol–water partition coefficient (Wildman–Crippen LogP) is 2.65. The van der Waals surface area contributed by atoms with Gasteiger partial charge in [0.2, 0.25) is 5.75 Å². The van der Waals surface area contributed by atoms with Crippen molar-refractivity contribution >= 4 is 5.91 Å². The zero-order valence-electron chi connectivity index (χ0n) is 14.7. The van der Waals surface area contributed by atoms with Gasteiger partial charge in [-0.15, -0.1) is 0 Å². The van der Waals surface area contributed by atoms with E-state index in [-0.39, 0.29) is 5.91 Å². The maximum absolute atomic E-state index is 12.3. The maximum Gasteiger partial charge on any atom is 0.251 e. The minimum atomic E-state index is -0.138. The van der Waals surface area contributed by atoms with Crippen LogP contribution in [0.2, 0.25) is 0 Å². The third kappa shape index (κ3) is 4.77. The van der Waals surface area contributed by atoms with E-state index in [1.165, 1.54) is 21.3 Å². The Morgan fingerprint density at radius 2 is 1.75 bits per heavy atom. The number of hydrogen-bond acceptors (Lipinski definition) is 5. The largest absolute Gasteiger partial charge is 0.493 e.